The molecule has 1 aromatic heterocycles. The Kier molecular flexibility index (Phi) is 5.04. The van der Waals surface area contributed by atoms with Crippen molar-refractivity contribution in [3.05, 3.63) is 68.5 Å². The van der Waals surface area contributed by atoms with E-state index in [-0.39, 0.29) is 11.5 Å². The Labute approximate surface area is 159 Å². The van der Waals surface area contributed by atoms with Crippen LogP contribution in [0.4, 0.5) is 0 Å². The average molecular weight is 393 g/mol. The minimum Gasteiger partial charge on any atom is -0.508 e. The second kappa shape index (κ2) is 7.08. The standard InChI is InChI=1S/C19H14Cl2O3S/c1-10-12(4-3-5-15(10)22)18(23)17-7-6-16(25-17)11-8-13(20)19(24-2)14(21)9-11/h3-9,22H,1-2H3. The zero-order chi connectivity index (χ0) is 18.1. The highest BCUT2D eigenvalue weighted by molar-refractivity contribution is 7.17. The van der Waals surface area contributed by atoms with Crippen LogP contribution in [0, 0.1) is 6.92 Å². The van der Waals surface area contributed by atoms with E-state index in [1.807, 2.05) is 6.07 Å². The fourth-order valence-corrected chi connectivity index (χ4v) is 4.10. The number of phenolic OH excluding ortho intramolecular Hbond substituents is 1. The van der Waals surface area contributed by atoms with Gasteiger partial charge < -0.3 is 9.84 Å². The van der Waals surface area contributed by atoms with E-state index in [2.05, 4.69) is 0 Å². The van der Waals surface area contributed by atoms with Crippen molar-refractivity contribution < 1.29 is 14.6 Å². The molecule has 0 bridgehead atoms. The Balaban J connectivity index is 1.98. The van der Waals surface area contributed by atoms with Crippen molar-refractivity contribution in [3.8, 4) is 21.9 Å². The Morgan fingerprint density at radius 2 is 1.80 bits per heavy atom. The first-order valence-corrected chi connectivity index (χ1v) is 8.96. The fourth-order valence-electron chi connectivity index (χ4n) is 2.51. The van der Waals surface area contributed by atoms with Gasteiger partial charge >= 0.3 is 0 Å². The molecule has 0 unspecified atom stereocenters. The molecule has 0 saturated carbocycles. The molecule has 0 aliphatic rings. The zero-order valence-corrected chi connectivity index (χ0v) is 15.8. The van der Waals surface area contributed by atoms with E-state index < -0.39 is 0 Å². The van der Waals surface area contributed by atoms with E-state index in [4.69, 9.17) is 27.9 Å². The molecule has 25 heavy (non-hydrogen) atoms. The van der Waals surface area contributed by atoms with Crippen molar-refractivity contribution in [2.24, 2.45) is 0 Å². The molecule has 0 fully saturated rings. The number of phenols is 1. The van der Waals surface area contributed by atoms with Crippen LogP contribution >= 0.6 is 34.5 Å². The van der Waals surface area contributed by atoms with Crippen molar-refractivity contribution in [1.29, 1.82) is 0 Å². The highest BCUT2D eigenvalue weighted by atomic mass is 35.5. The normalized spacial score (nSPS) is 10.7. The summed E-state index contributed by atoms with van der Waals surface area (Å²) in [6, 6.07) is 12.1. The van der Waals surface area contributed by atoms with Crippen LogP contribution in [-0.4, -0.2) is 18.0 Å². The molecule has 3 nitrogen and oxygen atoms in total. The van der Waals surface area contributed by atoms with Gasteiger partial charge in [-0.1, -0.05) is 35.3 Å². The molecule has 128 valence electrons. The second-order valence-corrected chi connectivity index (χ2v) is 7.31. The third-order valence-corrected chi connectivity index (χ3v) is 5.56. The predicted molar refractivity (Wildman–Crippen MR) is 103 cm³/mol. The lowest BCUT2D eigenvalue weighted by Crippen LogP contribution is -2.01. The van der Waals surface area contributed by atoms with Gasteiger partial charge in [0.1, 0.15) is 5.75 Å². The number of benzene rings is 2. The van der Waals surface area contributed by atoms with Crippen molar-refractivity contribution in [2.45, 2.75) is 6.92 Å². The van der Waals surface area contributed by atoms with Gasteiger partial charge in [-0.05, 0) is 42.8 Å². The fraction of sp³-hybridized carbons (Fsp3) is 0.105. The first-order chi connectivity index (χ1) is 11.9. The Bertz CT molecular complexity index is 940. The minimum absolute atomic E-state index is 0.108. The summed E-state index contributed by atoms with van der Waals surface area (Å²) in [4.78, 5) is 14.2. The minimum atomic E-state index is -0.129. The maximum absolute atomic E-state index is 12.7. The molecule has 2 aromatic carbocycles. The summed E-state index contributed by atoms with van der Waals surface area (Å²) < 4.78 is 5.15. The number of ether oxygens (including phenoxy) is 1. The number of aromatic hydroxyl groups is 1. The molecule has 0 amide bonds. The van der Waals surface area contributed by atoms with Crippen LogP contribution in [0.2, 0.25) is 10.0 Å². The number of thiophene rings is 1. The van der Waals surface area contributed by atoms with Gasteiger partial charge in [-0.15, -0.1) is 11.3 Å². The summed E-state index contributed by atoms with van der Waals surface area (Å²) in [7, 11) is 1.51. The predicted octanol–water partition coefficient (Wildman–Crippen LogP) is 5.98. The summed E-state index contributed by atoms with van der Waals surface area (Å²) in [6.07, 6.45) is 0. The molecule has 6 heteroatoms. The number of methoxy groups -OCH3 is 1. The van der Waals surface area contributed by atoms with Crippen LogP contribution in [0.5, 0.6) is 11.5 Å². The molecule has 0 radical (unpaired) electrons. The molecule has 0 saturated heterocycles. The number of rotatable bonds is 4. The van der Waals surface area contributed by atoms with Gasteiger partial charge in [-0.2, -0.15) is 0 Å². The summed E-state index contributed by atoms with van der Waals surface area (Å²) in [5.74, 6) is 0.405. The maximum Gasteiger partial charge on any atom is 0.203 e. The molecular formula is C19H14Cl2O3S. The number of carbonyl (C=O) groups is 1. The Hall–Kier alpha value is -2.01. The van der Waals surface area contributed by atoms with E-state index in [1.165, 1.54) is 18.4 Å². The first-order valence-electron chi connectivity index (χ1n) is 7.39. The topological polar surface area (TPSA) is 46.5 Å². The van der Waals surface area contributed by atoms with Gasteiger partial charge in [-0.3, -0.25) is 4.79 Å². The van der Waals surface area contributed by atoms with Gasteiger partial charge in [0.25, 0.3) is 0 Å². The SMILES string of the molecule is COc1c(Cl)cc(-c2ccc(C(=O)c3cccc(O)c3C)s2)cc1Cl. The number of halogens is 2. The third-order valence-electron chi connectivity index (χ3n) is 3.87. The van der Waals surface area contributed by atoms with Gasteiger partial charge in [-0.25, -0.2) is 0 Å². The van der Waals surface area contributed by atoms with Gasteiger partial charge in [0.15, 0.2) is 5.75 Å². The lowest BCUT2D eigenvalue weighted by molar-refractivity contribution is 0.104. The number of hydrogen-bond donors (Lipinski definition) is 1. The molecular weight excluding hydrogens is 379 g/mol. The smallest absolute Gasteiger partial charge is 0.203 e. The number of ketones is 1. The molecule has 0 aliphatic heterocycles. The van der Waals surface area contributed by atoms with E-state index in [0.29, 0.717) is 31.8 Å². The lowest BCUT2D eigenvalue weighted by atomic mass is 10.0. The summed E-state index contributed by atoms with van der Waals surface area (Å²) in [5, 5.41) is 10.6. The number of hydrogen-bond acceptors (Lipinski definition) is 4. The largest absolute Gasteiger partial charge is 0.508 e. The van der Waals surface area contributed by atoms with Crippen LogP contribution in [0.3, 0.4) is 0 Å². The van der Waals surface area contributed by atoms with Crippen LogP contribution < -0.4 is 4.74 Å². The summed E-state index contributed by atoms with van der Waals surface area (Å²) >= 11 is 13.7. The molecule has 3 aromatic rings. The quantitative estimate of drug-likeness (QED) is 0.555. The van der Waals surface area contributed by atoms with E-state index in [0.717, 1.165) is 10.4 Å². The summed E-state index contributed by atoms with van der Waals surface area (Å²) in [5.41, 5.74) is 1.87. The third kappa shape index (κ3) is 3.38. The van der Waals surface area contributed by atoms with E-state index >= 15 is 0 Å². The molecule has 1 heterocycles. The van der Waals surface area contributed by atoms with Gasteiger partial charge in [0.05, 0.1) is 22.0 Å². The van der Waals surface area contributed by atoms with E-state index in [9.17, 15) is 9.90 Å². The summed E-state index contributed by atoms with van der Waals surface area (Å²) in [6.45, 7) is 1.72. The van der Waals surface area contributed by atoms with Gasteiger partial charge in [0.2, 0.25) is 5.78 Å². The van der Waals surface area contributed by atoms with Crippen LogP contribution in [0.25, 0.3) is 10.4 Å². The van der Waals surface area contributed by atoms with Crippen LogP contribution in [0.1, 0.15) is 20.8 Å². The Morgan fingerprint density at radius 1 is 1.12 bits per heavy atom. The van der Waals surface area contributed by atoms with Crippen LogP contribution in [-0.2, 0) is 0 Å². The van der Waals surface area contributed by atoms with Crippen molar-refractivity contribution in [1.82, 2.24) is 0 Å². The van der Waals surface area contributed by atoms with Crippen molar-refractivity contribution >= 4 is 40.3 Å². The first kappa shape index (κ1) is 17.8. The molecule has 0 aliphatic carbocycles. The Morgan fingerprint density at radius 3 is 2.44 bits per heavy atom. The van der Waals surface area contributed by atoms with E-state index in [1.54, 1.807) is 43.3 Å². The molecule has 3 rings (SSSR count). The highest BCUT2D eigenvalue weighted by Crippen LogP contribution is 2.39. The molecule has 0 atom stereocenters. The zero-order valence-electron chi connectivity index (χ0n) is 13.5. The van der Waals surface area contributed by atoms with Crippen molar-refractivity contribution in [2.75, 3.05) is 7.11 Å². The van der Waals surface area contributed by atoms with Gasteiger partial charge in [0, 0.05) is 16.0 Å². The number of carbonyl (C=O) groups excluding carboxylic acids is 1. The van der Waals surface area contributed by atoms with Crippen LogP contribution in [0.15, 0.2) is 42.5 Å². The van der Waals surface area contributed by atoms with Crippen molar-refractivity contribution in [3.63, 3.8) is 0 Å². The lowest BCUT2D eigenvalue weighted by Gasteiger charge is -2.07. The second-order valence-electron chi connectivity index (χ2n) is 5.42. The average Bonchev–Trinajstić information content (AvgIpc) is 3.06. The maximum atomic E-state index is 12.7. The monoisotopic (exact) mass is 392 g/mol. The highest BCUT2D eigenvalue weighted by Gasteiger charge is 2.17. The molecule has 0 spiro atoms. The molecule has 1 N–H and O–H groups in total.